The zero-order chi connectivity index (χ0) is 16.2. The van der Waals surface area contributed by atoms with Crippen LogP contribution in [-0.2, 0) is 6.42 Å². The Kier molecular flexibility index (Phi) is 4.76. The lowest BCUT2D eigenvalue weighted by Crippen LogP contribution is -2.34. The number of rotatable bonds is 3. The van der Waals surface area contributed by atoms with Gasteiger partial charge in [0.15, 0.2) is 5.11 Å². The topological polar surface area (TPSA) is 46.2 Å². The molecule has 0 unspecified atom stereocenters. The summed E-state index contributed by atoms with van der Waals surface area (Å²) in [6.45, 7) is 2.01. The predicted molar refractivity (Wildman–Crippen MR) is 97.0 cm³/mol. The molecule has 0 saturated heterocycles. The zero-order valence-corrected chi connectivity index (χ0v) is 14.2. The second-order valence-corrected chi connectivity index (χ2v) is 6.24. The number of thiocarbonyl (C=S) groups is 1. The van der Waals surface area contributed by atoms with Gasteiger partial charge in [0.25, 0.3) is 0 Å². The molecule has 2 aromatic rings. The summed E-state index contributed by atoms with van der Waals surface area (Å²) in [6.07, 6.45) is 5.13. The number of fused-ring (bicyclic) bond motifs is 1. The van der Waals surface area contributed by atoms with E-state index in [0.717, 1.165) is 36.4 Å². The van der Waals surface area contributed by atoms with E-state index in [4.69, 9.17) is 17.0 Å². The first-order valence-electron chi connectivity index (χ1n) is 7.82. The van der Waals surface area contributed by atoms with Gasteiger partial charge in [-0.3, -0.25) is 0 Å². The van der Waals surface area contributed by atoms with E-state index in [9.17, 15) is 0 Å². The lowest BCUT2D eigenvalue weighted by Gasteiger charge is -2.27. The van der Waals surface area contributed by atoms with E-state index in [2.05, 4.69) is 27.8 Å². The number of hydrogen-bond donors (Lipinski definition) is 2. The summed E-state index contributed by atoms with van der Waals surface area (Å²) in [5.74, 6) is 1.67. The maximum atomic E-state index is 5.44. The number of methoxy groups -OCH3 is 1. The zero-order valence-electron chi connectivity index (χ0n) is 13.4. The molecule has 5 heteroatoms. The summed E-state index contributed by atoms with van der Waals surface area (Å²) in [7, 11) is 1.70. The van der Waals surface area contributed by atoms with Crippen LogP contribution in [-0.4, -0.2) is 17.2 Å². The number of hydrogen-bond acceptors (Lipinski definition) is 3. The molecule has 120 valence electrons. The Bertz CT molecular complexity index is 700. The maximum absolute atomic E-state index is 5.44. The first kappa shape index (κ1) is 15.7. The molecule has 23 heavy (non-hydrogen) atoms. The number of benzene rings is 1. The Hall–Kier alpha value is -2.14. The molecule has 0 amide bonds. The smallest absolute Gasteiger partial charge is 0.172 e. The third-order valence-electron chi connectivity index (χ3n) is 4.12. The largest absolute Gasteiger partial charge is 0.497 e. The van der Waals surface area contributed by atoms with E-state index in [1.54, 1.807) is 7.11 Å². The Balaban J connectivity index is 1.69. The van der Waals surface area contributed by atoms with Gasteiger partial charge in [-0.25, -0.2) is 4.98 Å². The van der Waals surface area contributed by atoms with E-state index < -0.39 is 0 Å². The van der Waals surface area contributed by atoms with Crippen LogP contribution in [0.5, 0.6) is 5.75 Å². The fourth-order valence-electron chi connectivity index (χ4n) is 2.92. The molecular weight excluding hydrogens is 306 g/mol. The van der Waals surface area contributed by atoms with Crippen LogP contribution in [0.25, 0.3) is 0 Å². The average molecular weight is 327 g/mol. The highest BCUT2D eigenvalue weighted by Crippen LogP contribution is 2.32. The molecule has 2 N–H and O–H groups in total. The van der Waals surface area contributed by atoms with Crippen LogP contribution in [0.1, 0.15) is 35.6 Å². The van der Waals surface area contributed by atoms with Crippen LogP contribution in [0.4, 0.5) is 5.82 Å². The quantitative estimate of drug-likeness (QED) is 0.841. The summed E-state index contributed by atoms with van der Waals surface area (Å²) < 4.78 is 5.32. The third-order valence-corrected chi connectivity index (χ3v) is 4.34. The van der Waals surface area contributed by atoms with Gasteiger partial charge >= 0.3 is 0 Å². The second kappa shape index (κ2) is 6.96. The Morgan fingerprint density at radius 3 is 2.91 bits per heavy atom. The predicted octanol–water partition coefficient (Wildman–Crippen LogP) is 3.76. The Morgan fingerprint density at radius 1 is 1.30 bits per heavy atom. The number of ether oxygens (including phenoxy) is 1. The van der Waals surface area contributed by atoms with Crippen LogP contribution in [0, 0.1) is 6.92 Å². The molecule has 3 rings (SSSR count). The lowest BCUT2D eigenvalue weighted by molar-refractivity contribution is 0.412. The summed E-state index contributed by atoms with van der Waals surface area (Å²) in [5.41, 5.74) is 3.77. The highest BCUT2D eigenvalue weighted by Gasteiger charge is 2.21. The standard InChI is InChI=1S/C18H21N3OS/c1-12-6-9-17(19-11-12)21-18(23)20-16-5-3-4-13-10-14(22-2)7-8-15(13)16/h6-11,16H,3-5H2,1-2H3,(H2,19,20,21,23)/t16-/m0/s1. The number of aryl methyl sites for hydroxylation is 2. The fourth-order valence-corrected chi connectivity index (χ4v) is 3.17. The minimum Gasteiger partial charge on any atom is -0.497 e. The van der Waals surface area contributed by atoms with Gasteiger partial charge in [-0.1, -0.05) is 12.1 Å². The lowest BCUT2D eigenvalue weighted by atomic mass is 9.87. The third kappa shape index (κ3) is 3.79. The van der Waals surface area contributed by atoms with Crippen molar-refractivity contribution in [2.75, 3.05) is 12.4 Å². The van der Waals surface area contributed by atoms with Crippen molar-refractivity contribution in [3.8, 4) is 5.75 Å². The van der Waals surface area contributed by atoms with E-state index in [-0.39, 0.29) is 6.04 Å². The molecule has 0 saturated carbocycles. The van der Waals surface area contributed by atoms with Crippen LogP contribution in [0.15, 0.2) is 36.5 Å². The van der Waals surface area contributed by atoms with Crippen molar-refractivity contribution in [2.45, 2.75) is 32.2 Å². The SMILES string of the molecule is COc1ccc2c(c1)CCC[C@@H]2NC(=S)Nc1ccc(C)cn1. The van der Waals surface area contributed by atoms with Gasteiger partial charge in [0.2, 0.25) is 0 Å². The molecule has 0 fully saturated rings. The summed E-state index contributed by atoms with van der Waals surface area (Å²) in [6, 6.07) is 10.5. The van der Waals surface area contributed by atoms with E-state index in [0.29, 0.717) is 5.11 Å². The molecule has 0 radical (unpaired) electrons. The highest BCUT2D eigenvalue weighted by molar-refractivity contribution is 7.80. The second-order valence-electron chi connectivity index (χ2n) is 5.83. The minimum absolute atomic E-state index is 0.232. The maximum Gasteiger partial charge on any atom is 0.172 e. The summed E-state index contributed by atoms with van der Waals surface area (Å²) >= 11 is 5.44. The number of anilines is 1. The molecule has 1 aromatic carbocycles. The van der Waals surface area contributed by atoms with Gasteiger partial charge in [-0.2, -0.15) is 0 Å². The van der Waals surface area contributed by atoms with Crippen LogP contribution in [0.2, 0.25) is 0 Å². The van der Waals surface area contributed by atoms with E-state index in [1.807, 2.05) is 31.3 Å². The van der Waals surface area contributed by atoms with Crippen molar-refractivity contribution >= 4 is 23.1 Å². The molecule has 4 nitrogen and oxygen atoms in total. The number of nitrogens with zero attached hydrogens (tertiary/aromatic N) is 1. The first-order chi connectivity index (χ1) is 11.2. The molecule has 1 heterocycles. The van der Waals surface area contributed by atoms with Crippen LogP contribution in [0.3, 0.4) is 0 Å². The van der Waals surface area contributed by atoms with Crippen LogP contribution < -0.4 is 15.4 Å². The van der Waals surface area contributed by atoms with Crippen molar-refractivity contribution in [3.05, 3.63) is 53.2 Å². The van der Waals surface area contributed by atoms with Gasteiger partial charge in [-0.15, -0.1) is 0 Å². The normalized spacial score (nSPS) is 16.3. The van der Waals surface area contributed by atoms with Gasteiger partial charge in [0.1, 0.15) is 11.6 Å². The molecule has 0 spiro atoms. The first-order valence-corrected chi connectivity index (χ1v) is 8.23. The fraction of sp³-hybridized carbons (Fsp3) is 0.333. The minimum atomic E-state index is 0.232. The number of pyridine rings is 1. The van der Waals surface area contributed by atoms with Gasteiger partial charge in [0, 0.05) is 6.20 Å². The van der Waals surface area contributed by atoms with Crippen LogP contribution >= 0.6 is 12.2 Å². The summed E-state index contributed by atoms with van der Waals surface area (Å²) in [5, 5.41) is 7.18. The number of nitrogens with one attached hydrogen (secondary N) is 2. The van der Waals surface area contributed by atoms with Crippen molar-refractivity contribution in [3.63, 3.8) is 0 Å². The highest BCUT2D eigenvalue weighted by atomic mass is 32.1. The molecule has 1 aromatic heterocycles. The molecule has 1 aliphatic carbocycles. The van der Waals surface area contributed by atoms with Crippen molar-refractivity contribution in [2.24, 2.45) is 0 Å². The van der Waals surface area contributed by atoms with Gasteiger partial charge in [0.05, 0.1) is 13.2 Å². The Morgan fingerprint density at radius 2 is 2.17 bits per heavy atom. The monoisotopic (exact) mass is 327 g/mol. The molecule has 0 bridgehead atoms. The molecule has 1 atom stereocenters. The van der Waals surface area contributed by atoms with E-state index >= 15 is 0 Å². The summed E-state index contributed by atoms with van der Waals surface area (Å²) in [4.78, 5) is 4.32. The molecular formula is C18H21N3OS. The van der Waals surface area contributed by atoms with Crippen molar-refractivity contribution in [1.29, 1.82) is 0 Å². The molecule has 1 aliphatic rings. The average Bonchev–Trinajstić information content (AvgIpc) is 2.56. The van der Waals surface area contributed by atoms with Crippen molar-refractivity contribution < 1.29 is 4.74 Å². The number of aromatic nitrogens is 1. The van der Waals surface area contributed by atoms with Gasteiger partial charge in [-0.05, 0) is 73.3 Å². The van der Waals surface area contributed by atoms with Crippen molar-refractivity contribution in [1.82, 2.24) is 10.3 Å². The van der Waals surface area contributed by atoms with Gasteiger partial charge < -0.3 is 15.4 Å². The molecule has 0 aliphatic heterocycles. The van der Waals surface area contributed by atoms with E-state index in [1.165, 1.54) is 11.1 Å². The Labute approximate surface area is 142 Å².